The summed E-state index contributed by atoms with van der Waals surface area (Å²) in [5.74, 6) is 18.4. The van der Waals surface area contributed by atoms with Gasteiger partial charge in [-0.1, -0.05) is 0 Å². The van der Waals surface area contributed by atoms with Crippen LogP contribution < -0.4 is 0 Å². The van der Waals surface area contributed by atoms with E-state index in [2.05, 4.69) is 65.1 Å². The Morgan fingerprint density at radius 1 is 0.375 bits per heavy atom. The van der Waals surface area contributed by atoms with Crippen LogP contribution in [0.25, 0.3) is 0 Å². The maximum absolute atomic E-state index is 3.34. The summed E-state index contributed by atoms with van der Waals surface area (Å²) in [5, 5.41) is 0. The van der Waals surface area contributed by atoms with Crippen molar-refractivity contribution in [2.24, 2.45) is 0 Å². The van der Waals surface area contributed by atoms with Crippen LogP contribution in [0.5, 0.6) is 0 Å². The monoisotopic (exact) mass is 464 g/mol. The molecule has 0 fully saturated rings. The molecule has 16 heavy (non-hydrogen) atoms. The fourth-order valence-electron chi connectivity index (χ4n) is 0.500. The van der Waals surface area contributed by atoms with Crippen LogP contribution in [0.1, 0.15) is 0 Å². The molecule has 0 saturated heterocycles. The minimum absolute atomic E-state index is 0.769. The molecule has 88 valence electrons. The molecule has 0 aliphatic heterocycles. The van der Waals surface area contributed by atoms with Crippen LogP contribution in [0.2, 0.25) is 46.0 Å². The van der Waals surface area contributed by atoms with Crippen molar-refractivity contribution >= 4 is 57.4 Å². The summed E-state index contributed by atoms with van der Waals surface area (Å²) in [7, 11) is 0. The first-order chi connectivity index (χ1) is 7.25. The molecule has 0 spiro atoms. The Balaban J connectivity index is 0. The van der Waals surface area contributed by atoms with Crippen LogP contribution >= 0.6 is 0 Å². The van der Waals surface area contributed by atoms with Crippen molar-refractivity contribution in [3.05, 3.63) is 0 Å². The zero-order valence-electron chi connectivity index (χ0n) is 12.0. The van der Waals surface area contributed by atoms with Gasteiger partial charge in [-0.15, -0.1) is 0 Å². The molecule has 0 rings (SSSR count). The van der Waals surface area contributed by atoms with Crippen LogP contribution in [0.15, 0.2) is 0 Å². The molecule has 0 aromatic rings. The van der Waals surface area contributed by atoms with E-state index < -0.39 is 57.4 Å². The molecule has 0 aromatic carbocycles. The van der Waals surface area contributed by atoms with Gasteiger partial charge >= 0.3 is 122 Å². The van der Waals surface area contributed by atoms with E-state index in [1.807, 2.05) is 0 Å². The van der Waals surface area contributed by atoms with Gasteiger partial charge in [0.2, 0.25) is 0 Å². The fraction of sp³-hybridized carbons (Fsp3) is 0.667. The maximum atomic E-state index is 3.34. The second-order valence-corrected chi connectivity index (χ2v) is 23.4. The van der Waals surface area contributed by atoms with Gasteiger partial charge in [0.1, 0.15) is 0 Å². The summed E-state index contributed by atoms with van der Waals surface area (Å²) >= 11 is -3.07. The molecule has 4 radical (unpaired) electrons. The van der Waals surface area contributed by atoms with Crippen molar-refractivity contribution in [1.82, 2.24) is 0 Å². The SMILES string of the molecule is [CH3][Ge]([CH3])[C]#[C][Ge]([CH3])[CH3].[CH3][Ge]([CH3])[C]#[C][Ge]([CH3])[CH3]. The van der Waals surface area contributed by atoms with E-state index in [0.29, 0.717) is 0 Å². The quantitative estimate of drug-likeness (QED) is 0.386. The predicted octanol–water partition coefficient (Wildman–Crippen LogP) is 3.15. The van der Waals surface area contributed by atoms with Gasteiger partial charge in [-0.05, 0) is 0 Å². The van der Waals surface area contributed by atoms with Gasteiger partial charge in [0, 0.05) is 0 Å². The summed E-state index contributed by atoms with van der Waals surface area (Å²) in [6, 6.07) is 0. The van der Waals surface area contributed by atoms with Crippen LogP contribution in [0.3, 0.4) is 0 Å². The first kappa shape index (κ1) is 19.6. The molecule has 0 aromatic heterocycles. The average Bonchev–Trinajstić information content (AvgIpc) is 2.12. The van der Waals surface area contributed by atoms with Gasteiger partial charge < -0.3 is 0 Å². The molecule has 0 bridgehead atoms. The first-order valence-corrected chi connectivity index (χ1v) is 26.5. The second-order valence-electron chi connectivity index (χ2n) is 4.50. The zero-order valence-corrected chi connectivity index (χ0v) is 20.4. The van der Waals surface area contributed by atoms with Crippen molar-refractivity contribution in [1.29, 1.82) is 0 Å². The van der Waals surface area contributed by atoms with E-state index in [-0.39, 0.29) is 0 Å². The van der Waals surface area contributed by atoms with Gasteiger partial charge in [0.05, 0.1) is 0 Å². The van der Waals surface area contributed by atoms with Crippen LogP contribution in [-0.2, 0) is 0 Å². The zero-order chi connectivity index (χ0) is 13.1. The number of hydrogen-bond donors (Lipinski definition) is 0. The van der Waals surface area contributed by atoms with Crippen molar-refractivity contribution in [2.45, 2.75) is 46.0 Å². The van der Waals surface area contributed by atoms with Crippen LogP contribution in [0.4, 0.5) is 0 Å². The summed E-state index contributed by atoms with van der Waals surface area (Å²) in [6.45, 7) is 0. The van der Waals surface area contributed by atoms with Crippen molar-refractivity contribution in [2.75, 3.05) is 0 Å². The van der Waals surface area contributed by atoms with Crippen molar-refractivity contribution in [3.63, 3.8) is 0 Å². The predicted molar refractivity (Wildman–Crippen MR) is 85.5 cm³/mol. The molecule has 0 nitrogen and oxygen atoms in total. The third-order valence-corrected chi connectivity index (χ3v) is 8.57. The Kier molecular flexibility index (Phi) is 15.6. The molecular formula is C12H24Ge4. The molecule has 0 saturated carbocycles. The van der Waals surface area contributed by atoms with E-state index in [1.54, 1.807) is 0 Å². The molecule has 0 atom stereocenters. The summed E-state index contributed by atoms with van der Waals surface area (Å²) < 4.78 is 13.3. The molecular weight excluding hydrogens is 435 g/mol. The third-order valence-electron chi connectivity index (χ3n) is 1.12. The van der Waals surface area contributed by atoms with Crippen LogP contribution in [0, 0.1) is 19.0 Å². The summed E-state index contributed by atoms with van der Waals surface area (Å²) in [5.41, 5.74) is 0. The number of rotatable bonds is 0. The Labute approximate surface area is 121 Å². The topological polar surface area (TPSA) is 0 Å². The molecule has 0 amide bonds. The Morgan fingerprint density at radius 3 is 0.562 bits per heavy atom. The van der Waals surface area contributed by atoms with Gasteiger partial charge in [-0.25, -0.2) is 0 Å². The average molecular weight is 459 g/mol. The van der Waals surface area contributed by atoms with Gasteiger partial charge in [0.15, 0.2) is 0 Å². The van der Waals surface area contributed by atoms with Gasteiger partial charge in [-0.2, -0.15) is 0 Å². The fourth-order valence-corrected chi connectivity index (χ4v) is 13.5. The molecule has 0 heterocycles. The standard InChI is InChI=1S/2C6H12Ge2/c2*1-7(2)5-6-8(3)4/h2*1-4H3. The Bertz CT molecular complexity index is 217. The van der Waals surface area contributed by atoms with E-state index in [4.69, 9.17) is 0 Å². The second kappa shape index (κ2) is 12.7. The molecule has 0 N–H and O–H groups in total. The van der Waals surface area contributed by atoms with E-state index in [9.17, 15) is 0 Å². The molecule has 0 aliphatic rings. The van der Waals surface area contributed by atoms with E-state index in [0.717, 1.165) is 0 Å². The molecule has 4 heteroatoms. The minimum atomic E-state index is -0.769. The molecule has 0 unspecified atom stereocenters. The summed E-state index contributed by atoms with van der Waals surface area (Å²) in [4.78, 5) is 0. The Hall–Kier alpha value is 1.29. The van der Waals surface area contributed by atoms with Crippen molar-refractivity contribution in [3.8, 4) is 19.0 Å². The number of hydrogen-bond acceptors (Lipinski definition) is 0. The summed E-state index contributed by atoms with van der Waals surface area (Å²) in [6.07, 6.45) is 0. The Morgan fingerprint density at radius 2 is 0.500 bits per heavy atom. The third kappa shape index (κ3) is 24.5. The van der Waals surface area contributed by atoms with E-state index in [1.165, 1.54) is 0 Å². The van der Waals surface area contributed by atoms with Crippen LogP contribution in [-0.4, -0.2) is 57.4 Å². The van der Waals surface area contributed by atoms with Gasteiger partial charge in [0.25, 0.3) is 0 Å². The van der Waals surface area contributed by atoms with E-state index >= 15 is 0 Å². The first-order valence-electron chi connectivity index (χ1n) is 5.50. The normalized spacial score (nSPS) is 9.25. The van der Waals surface area contributed by atoms with Gasteiger partial charge in [-0.3, -0.25) is 0 Å². The molecule has 0 aliphatic carbocycles. The van der Waals surface area contributed by atoms with Crippen molar-refractivity contribution < 1.29 is 0 Å².